The highest BCUT2D eigenvalue weighted by Crippen LogP contribution is 2.52. The fraction of sp³-hybridized carbons (Fsp3) is 0.818. The van der Waals surface area contributed by atoms with Crippen LogP contribution in [-0.4, -0.2) is 52.4 Å². The van der Waals surface area contributed by atoms with Crippen molar-refractivity contribution >= 4 is 7.60 Å². The van der Waals surface area contributed by atoms with Crippen LogP contribution in [0.3, 0.4) is 0 Å². The summed E-state index contributed by atoms with van der Waals surface area (Å²) in [6, 6.07) is 0. The summed E-state index contributed by atoms with van der Waals surface area (Å²) in [5.74, 6) is 0. The maximum Gasteiger partial charge on any atom is 0.362 e. The summed E-state index contributed by atoms with van der Waals surface area (Å²) >= 11 is 0. The summed E-state index contributed by atoms with van der Waals surface area (Å²) in [5, 5.41) is 8.56. The van der Waals surface area contributed by atoms with E-state index in [0.29, 0.717) is 10.9 Å². The van der Waals surface area contributed by atoms with Crippen molar-refractivity contribution in [2.45, 2.75) is 89.3 Å². The average molecular weight is 419 g/mol. The van der Waals surface area contributed by atoms with Crippen LogP contribution in [-0.2, 0) is 4.57 Å². The van der Waals surface area contributed by atoms with Gasteiger partial charge in [-0.15, -0.1) is 0 Å². The average Bonchev–Trinajstić information content (AvgIpc) is 2.56. The summed E-state index contributed by atoms with van der Waals surface area (Å²) in [5.41, 5.74) is 0. The maximum absolute atomic E-state index is 11.7. The Morgan fingerprint density at radius 3 is 1.64 bits per heavy atom. The van der Waals surface area contributed by atoms with Crippen LogP contribution in [0.5, 0.6) is 0 Å². The molecule has 0 aromatic rings. The Bertz CT molecular complexity index is 493. The first-order chi connectivity index (χ1) is 13.0. The second-order valence-electron chi connectivity index (χ2n) is 8.92. The minimum atomic E-state index is -4.55. The van der Waals surface area contributed by atoms with E-state index in [4.69, 9.17) is 0 Å². The Labute approximate surface area is 173 Å². The number of likely N-dealkylation sites (N-methyl/N-ethyl adjacent to an activating group) is 1. The molecule has 0 heterocycles. The van der Waals surface area contributed by atoms with Crippen molar-refractivity contribution in [2.75, 3.05) is 27.7 Å². The van der Waals surface area contributed by atoms with Gasteiger partial charge in [-0.05, 0) is 57.8 Å². The summed E-state index contributed by atoms with van der Waals surface area (Å²) in [7, 11) is 0.925. The van der Waals surface area contributed by atoms with Gasteiger partial charge in [0.15, 0.2) is 0 Å². The molecule has 0 bridgehead atoms. The molecular weight excluding hydrogens is 373 g/mol. The first-order valence-corrected chi connectivity index (χ1v) is 12.5. The molecule has 0 saturated carbocycles. The minimum absolute atomic E-state index is 0.0437. The molecule has 0 aromatic carbocycles. The molecule has 1 atom stereocenters. The largest absolute Gasteiger partial charge is 0.373 e. The van der Waals surface area contributed by atoms with E-state index in [1.165, 1.54) is 38.5 Å². The molecule has 0 spiro atoms. The predicted octanol–water partition coefficient (Wildman–Crippen LogP) is 5.37. The Balaban J connectivity index is 3.83. The first-order valence-electron chi connectivity index (χ1n) is 10.9. The van der Waals surface area contributed by atoms with Crippen molar-refractivity contribution in [1.29, 1.82) is 0 Å². The van der Waals surface area contributed by atoms with Gasteiger partial charge >= 0.3 is 7.60 Å². The number of hydrogen-bond acceptors (Lipinski definition) is 2. The van der Waals surface area contributed by atoms with Gasteiger partial charge in [0.05, 0.1) is 21.1 Å². The molecule has 0 aromatic heterocycles. The van der Waals surface area contributed by atoms with Crippen molar-refractivity contribution in [3.63, 3.8) is 0 Å². The molecule has 6 heteroatoms. The lowest BCUT2D eigenvalue weighted by Gasteiger charge is -2.35. The van der Waals surface area contributed by atoms with Gasteiger partial charge in [-0.2, -0.15) is 0 Å². The van der Waals surface area contributed by atoms with Crippen molar-refractivity contribution in [2.24, 2.45) is 0 Å². The van der Waals surface area contributed by atoms with Crippen molar-refractivity contribution in [1.82, 2.24) is 0 Å². The second-order valence-corrected chi connectivity index (χ2v) is 10.8. The Hall–Kier alpha value is -0.450. The van der Waals surface area contributed by atoms with Crippen molar-refractivity contribution < 1.29 is 23.9 Å². The van der Waals surface area contributed by atoms with Crippen LogP contribution in [0, 0.1) is 0 Å². The van der Waals surface area contributed by atoms with Gasteiger partial charge in [-0.3, -0.25) is 4.57 Å². The SMILES string of the molecule is CC/C=C\CCCCCCC/C=C\CCCCC(O)(C[N+](C)(C)C)P(=O)(O)O. The standard InChI is InChI=1S/C22H44NO4P/c1-5-6-7-8-9-10-11-12-13-14-15-16-17-18-19-20-22(24,28(25,26)27)21-23(2,3)4/h6-7,15-16,24H,5,8-14,17-21H2,1-4H3,(H-,25,26,27)/p+1/b7-6-,16-15-. The molecule has 3 N–H and O–H groups in total. The summed E-state index contributed by atoms with van der Waals surface area (Å²) in [6.07, 6.45) is 21.2. The number of unbranched alkanes of at least 4 members (excludes halogenated alkanes) is 8. The van der Waals surface area contributed by atoms with Crippen LogP contribution in [0.25, 0.3) is 0 Å². The molecule has 0 aliphatic heterocycles. The maximum atomic E-state index is 11.7. The molecule has 0 aliphatic carbocycles. The number of quaternary nitrogens is 1. The van der Waals surface area contributed by atoms with Crippen LogP contribution < -0.4 is 0 Å². The third kappa shape index (κ3) is 14.5. The monoisotopic (exact) mass is 418 g/mol. The highest BCUT2D eigenvalue weighted by molar-refractivity contribution is 7.53. The number of nitrogens with zero attached hydrogens (tertiary/aromatic N) is 1. The molecule has 0 rings (SSSR count). The van der Waals surface area contributed by atoms with E-state index in [1.54, 1.807) is 0 Å². The molecule has 0 saturated heterocycles. The molecule has 0 fully saturated rings. The molecule has 0 aliphatic rings. The second kappa shape index (κ2) is 14.5. The van der Waals surface area contributed by atoms with Gasteiger partial charge in [-0.1, -0.05) is 50.5 Å². The quantitative estimate of drug-likeness (QED) is 0.128. The van der Waals surface area contributed by atoms with E-state index >= 15 is 0 Å². The van der Waals surface area contributed by atoms with E-state index in [0.717, 1.165) is 25.7 Å². The topological polar surface area (TPSA) is 77.8 Å². The molecule has 166 valence electrons. The van der Waals surface area contributed by atoms with Gasteiger partial charge in [0.2, 0.25) is 5.34 Å². The lowest BCUT2D eigenvalue weighted by atomic mass is 10.1. The smallest absolute Gasteiger partial charge is 0.362 e. The van der Waals surface area contributed by atoms with E-state index in [1.807, 2.05) is 21.1 Å². The van der Waals surface area contributed by atoms with E-state index < -0.39 is 12.9 Å². The van der Waals surface area contributed by atoms with Crippen LogP contribution in [0.2, 0.25) is 0 Å². The van der Waals surface area contributed by atoms with Gasteiger partial charge < -0.3 is 19.4 Å². The van der Waals surface area contributed by atoms with Crippen LogP contribution in [0.15, 0.2) is 24.3 Å². The summed E-state index contributed by atoms with van der Waals surface area (Å²) < 4.78 is 12.0. The van der Waals surface area contributed by atoms with E-state index in [2.05, 4.69) is 31.2 Å². The zero-order chi connectivity index (χ0) is 21.5. The zero-order valence-corrected chi connectivity index (χ0v) is 19.5. The van der Waals surface area contributed by atoms with Crippen LogP contribution >= 0.6 is 7.60 Å². The van der Waals surface area contributed by atoms with E-state index in [-0.39, 0.29) is 13.0 Å². The minimum Gasteiger partial charge on any atom is -0.373 e. The Morgan fingerprint density at radius 1 is 0.786 bits per heavy atom. The molecule has 1 unspecified atom stereocenters. The summed E-state index contributed by atoms with van der Waals surface area (Å²) in [4.78, 5) is 19.1. The number of allylic oxidation sites excluding steroid dienone is 4. The lowest BCUT2D eigenvalue weighted by Crippen LogP contribution is -2.49. The van der Waals surface area contributed by atoms with Crippen molar-refractivity contribution in [3.8, 4) is 0 Å². The van der Waals surface area contributed by atoms with Gasteiger partial charge in [0.1, 0.15) is 6.54 Å². The van der Waals surface area contributed by atoms with E-state index in [9.17, 15) is 19.5 Å². The lowest BCUT2D eigenvalue weighted by molar-refractivity contribution is -0.875. The Morgan fingerprint density at radius 2 is 1.21 bits per heavy atom. The molecule has 5 nitrogen and oxygen atoms in total. The number of hydrogen-bond donors (Lipinski definition) is 3. The molecule has 0 radical (unpaired) electrons. The third-order valence-electron chi connectivity index (χ3n) is 4.78. The van der Waals surface area contributed by atoms with Gasteiger partial charge in [0.25, 0.3) is 0 Å². The zero-order valence-electron chi connectivity index (χ0n) is 18.6. The highest BCUT2D eigenvalue weighted by atomic mass is 31.2. The first kappa shape index (κ1) is 27.5. The molecular formula is C22H45NO4P+. The normalized spacial score (nSPS) is 15.5. The molecule has 28 heavy (non-hydrogen) atoms. The Kier molecular flexibility index (Phi) is 14.3. The van der Waals surface area contributed by atoms with Crippen molar-refractivity contribution in [3.05, 3.63) is 24.3 Å². The highest BCUT2D eigenvalue weighted by Gasteiger charge is 2.48. The number of rotatable bonds is 17. The summed E-state index contributed by atoms with van der Waals surface area (Å²) in [6.45, 7) is 2.21. The number of aliphatic hydroxyl groups is 1. The molecule has 0 amide bonds. The predicted molar refractivity (Wildman–Crippen MR) is 119 cm³/mol. The fourth-order valence-electron chi connectivity index (χ4n) is 3.32. The van der Waals surface area contributed by atoms with Crippen LogP contribution in [0.4, 0.5) is 0 Å². The third-order valence-corrected chi connectivity index (χ3v) is 6.23. The fourth-order valence-corrected chi connectivity index (χ4v) is 4.38. The van der Waals surface area contributed by atoms with Gasteiger partial charge in [-0.25, -0.2) is 0 Å². The van der Waals surface area contributed by atoms with Gasteiger partial charge in [0, 0.05) is 0 Å². The van der Waals surface area contributed by atoms with Crippen LogP contribution in [0.1, 0.15) is 84.0 Å².